The average Bonchev–Trinajstić information content (AvgIpc) is 2.46. The molecule has 1 aliphatic carbocycles. The minimum atomic E-state index is 0.0797. The highest BCUT2D eigenvalue weighted by Crippen LogP contribution is 2.23. The zero-order valence-electron chi connectivity index (χ0n) is 12.0. The van der Waals surface area contributed by atoms with Crippen molar-refractivity contribution in [3.05, 3.63) is 0 Å². The fourth-order valence-corrected chi connectivity index (χ4v) is 3.04. The number of rotatable bonds is 3. The molecule has 0 radical (unpaired) electrons. The maximum absolute atomic E-state index is 12.0. The number of nitrogens with one attached hydrogen (secondary N) is 1. The van der Waals surface area contributed by atoms with E-state index in [1.54, 1.807) is 0 Å². The first-order valence-corrected chi connectivity index (χ1v) is 7.72. The van der Waals surface area contributed by atoms with Gasteiger partial charge in [-0.3, -0.25) is 9.59 Å². The largest absolute Gasteiger partial charge is 0.347 e. The van der Waals surface area contributed by atoms with Crippen LogP contribution < -0.4 is 5.32 Å². The van der Waals surface area contributed by atoms with Crippen molar-refractivity contribution < 1.29 is 9.59 Å². The Morgan fingerprint density at radius 2 is 1.68 bits per heavy atom. The van der Waals surface area contributed by atoms with E-state index in [0.717, 1.165) is 57.5 Å². The molecule has 2 fully saturated rings. The van der Waals surface area contributed by atoms with Crippen molar-refractivity contribution in [2.75, 3.05) is 19.6 Å². The lowest BCUT2D eigenvalue weighted by atomic mass is 9.89. The number of likely N-dealkylation sites (tertiary alicyclic amines) is 1. The van der Waals surface area contributed by atoms with Crippen LogP contribution in [-0.4, -0.2) is 36.3 Å². The number of carbonyl (C=O) groups is 2. The summed E-state index contributed by atoms with van der Waals surface area (Å²) >= 11 is 0. The van der Waals surface area contributed by atoms with Crippen molar-refractivity contribution in [2.45, 2.75) is 51.9 Å². The summed E-state index contributed by atoms with van der Waals surface area (Å²) in [5.41, 5.74) is 0. The Morgan fingerprint density at radius 1 is 1.05 bits per heavy atom. The summed E-state index contributed by atoms with van der Waals surface area (Å²) in [6, 6.07) is 0. The molecule has 1 saturated heterocycles. The third-order valence-electron chi connectivity index (χ3n) is 4.53. The lowest BCUT2D eigenvalue weighted by Crippen LogP contribution is -2.45. The van der Waals surface area contributed by atoms with Gasteiger partial charge >= 0.3 is 0 Å². The van der Waals surface area contributed by atoms with E-state index in [1.807, 2.05) is 4.90 Å². The minimum absolute atomic E-state index is 0.0797. The fourth-order valence-electron chi connectivity index (χ4n) is 3.04. The third-order valence-corrected chi connectivity index (χ3v) is 4.53. The Balaban J connectivity index is 1.69. The molecule has 108 valence electrons. The Hall–Kier alpha value is -1.06. The van der Waals surface area contributed by atoms with Crippen LogP contribution >= 0.6 is 0 Å². The fraction of sp³-hybridized carbons (Fsp3) is 0.867. The van der Waals surface area contributed by atoms with E-state index in [0.29, 0.717) is 0 Å². The highest BCUT2D eigenvalue weighted by Gasteiger charge is 2.23. The van der Waals surface area contributed by atoms with Gasteiger partial charge in [0.05, 0.1) is 6.54 Å². The zero-order valence-corrected chi connectivity index (χ0v) is 12.0. The second kappa shape index (κ2) is 6.92. The van der Waals surface area contributed by atoms with Crippen molar-refractivity contribution in [1.82, 2.24) is 10.2 Å². The molecule has 0 atom stereocenters. The van der Waals surface area contributed by atoms with Gasteiger partial charge in [0.15, 0.2) is 0 Å². The molecule has 0 aromatic heterocycles. The normalized spacial score (nSPS) is 22.3. The second-order valence-corrected chi connectivity index (χ2v) is 6.12. The second-order valence-electron chi connectivity index (χ2n) is 6.12. The Morgan fingerprint density at radius 3 is 2.32 bits per heavy atom. The SMILES string of the molecule is CC1CCN(C(=O)CNC(=O)C2CCCCC2)CC1. The van der Waals surface area contributed by atoms with Gasteiger partial charge in [0.1, 0.15) is 0 Å². The van der Waals surface area contributed by atoms with E-state index in [-0.39, 0.29) is 24.3 Å². The Bertz CT molecular complexity index is 316. The number of hydrogen-bond acceptors (Lipinski definition) is 2. The van der Waals surface area contributed by atoms with E-state index in [9.17, 15) is 9.59 Å². The molecule has 1 heterocycles. The molecule has 2 amide bonds. The van der Waals surface area contributed by atoms with Gasteiger partial charge in [-0.15, -0.1) is 0 Å². The number of amides is 2. The van der Waals surface area contributed by atoms with Gasteiger partial charge in [0, 0.05) is 19.0 Å². The first kappa shape index (κ1) is 14.4. The summed E-state index contributed by atoms with van der Waals surface area (Å²) in [7, 11) is 0. The maximum atomic E-state index is 12.0. The summed E-state index contributed by atoms with van der Waals surface area (Å²) in [5, 5.41) is 2.83. The van der Waals surface area contributed by atoms with E-state index in [4.69, 9.17) is 0 Å². The molecule has 1 N–H and O–H groups in total. The Labute approximate surface area is 115 Å². The first-order chi connectivity index (χ1) is 9.16. The molecule has 0 unspecified atom stereocenters. The van der Waals surface area contributed by atoms with Crippen molar-refractivity contribution in [3.8, 4) is 0 Å². The zero-order chi connectivity index (χ0) is 13.7. The molecule has 0 bridgehead atoms. The van der Waals surface area contributed by atoms with Gasteiger partial charge in [0.25, 0.3) is 0 Å². The molecular weight excluding hydrogens is 240 g/mol. The summed E-state index contributed by atoms with van der Waals surface area (Å²) in [6.45, 7) is 4.11. The van der Waals surface area contributed by atoms with Crippen molar-refractivity contribution in [1.29, 1.82) is 0 Å². The van der Waals surface area contributed by atoms with Crippen LogP contribution in [0.25, 0.3) is 0 Å². The van der Waals surface area contributed by atoms with Gasteiger partial charge in [-0.05, 0) is 31.6 Å². The molecule has 1 aliphatic heterocycles. The van der Waals surface area contributed by atoms with Gasteiger partial charge in [-0.25, -0.2) is 0 Å². The number of hydrogen-bond donors (Lipinski definition) is 1. The molecule has 4 nitrogen and oxygen atoms in total. The van der Waals surface area contributed by atoms with E-state index in [2.05, 4.69) is 12.2 Å². The van der Waals surface area contributed by atoms with E-state index in [1.165, 1.54) is 6.42 Å². The van der Waals surface area contributed by atoms with E-state index >= 15 is 0 Å². The number of carbonyl (C=O) groups excluding carboxylic acids is 2. The summed E-state index contributed by atoms with van der Waals surface area (Å²) in [4.78, 5) is 25.8. The van der Waals surface area contributed by atoms with Gasteiger partial charge in [-0.2, -0.15) is 0 Å². The molecular formula is C15H26N2O2. The molecule has 1 saturated carbocycles. The van der Waals surface area contributed by atoms with Crippen molar-refractivity contribution in [2.24, 2.45) is 11.8 Å². The quantitative estimate of drug-likeness (QED) is 0.848. The predicted molar refractivity (Wildman–Crippen MR) is 74.6 cm³/mol. The lowest BCUT2D eigenvalue weighted by Gasteiger charge is -2.30. The summed E-state index contributed by atoms with van der Waals surface area (Å²) < 4.78 is 0. The van der Waals surface area contributed by atoms with Gasteiger partial charge in [-0.1, -0.05) is 26.2 Å². The molecule has 2 aliphatic rings. The van der Waals surface area contributed by atoms with Crippen LogP contribution in [-0.2, 0) is 9.59 Å². The van der Waals surface area contributed by atoms with Crippen LogP contribution in [0.4, 0.5) is 0 Å². The van der Waals surface area contributed by atoms with Crippen LogP contribution in [0.5, 0.6) is 0 Å². The Kier molecular flexibility index (Phi) is 5.23. The topological polar surface area (TPSA) is 49.4 Å². The standard InChI is InChI=1S/C15H26N2O2/c1-12-7-9-17(10-8-12)14(18)11-16-15(19)13-5-3-2-4-6-13/h12-13H,2-11H2,1H3,(H,16,19). The maximum Gasteiger partial charge on any atom is 0.241 e. The number of nitrogens with zero attached hydrogens (tertiary/aromatic N) is 1. The van der Waals surface area contributed by atoms with Crippen LogP contribution in [0.3, 0.4) is 0 Å². The first-order valence-electron chi connectivity index (χ1n) is 7.72. The van der Waals surface area contributed by atoms with E-state index < -0.39 is 0 Å². The van der Waals surface area contributed by atoms with Crippen molar-refractivity contribution >= 4 is 11.8 Å². The molecule has 2 rings (SSSR count). The molecule has 19 heavy (non-hydrogen) atoms. The molecule has 0 aromatic rings. The van der Waals surface area contributed by atoms with Gasteiger partial charge in [0.2, 0.25) is 11.8 Å². The summed E-state index contributed by atoms with van der Waals surface area (Å²) in [5.74, 6) is 1.03. The molecule has 4 heteroatoms. The van der Waals surface area contributed by atoms with Crippen LogP contribution in [0.1, 0.15) is 51.9 Å². The lowest BCUT2D eigenvalue weighted by molar-refractivity contribution is -0.135. The van der Waals surface area contributed by atoms with Crippen LogP contribution in [0, 0.1) is 11.8 Å². The average molecular weight is 266 g/mol. The monoisotopic (exact) mass is 266 g/mol. The highest BCUT2D eigenvalue weighted by molar-refractivity contribution is 5.85. The van der Waals surface area contributed by atoms with Crippen LogP contribution in [0.15, 0.2) is 0 Å². The summed E-state index contributed by atoms with van der Waals surface area (Å²) in [6.07, 6.45) is 7.69. The highest BCUT2D eigenvalue weighted by atomic mass is 16.2. The molecule has 0 aromatic carbocycles. The number of piperidine rings is 1. The van der Waals surface area contributed by atoms with Crippen molar-refractivity contribution in [3.63, 3.8) is 0 Å². The smallest absolute Gasteiger partial charge is 0.241 e. The predicted octanol–water partition coefficient (Wildman–Crippen LogP) is 1.94. The van der Waals surface area contributed by atoms with Crippen LogP contribution in [0.2, 0.25) is 0 Å². The molecule has 0 spiro atoms. The van der Waals surface area contributed by atoms with Gasteiger partial charge < -0.3 is 10.2 Å². The minimum Gasteiger partial charge on any atom is -0.347 e. The third kappa shape index (κ3) is 4.22.